The van der Waals surface area contributed by atoms with Gasteiger partial charge in [0.1, 0.15) is 12.2 Å². The van der Waals surface area contributed by atoms with E-state index in [0.717, 1.165) is 0 Å². The lowest BCUT2D eigenvalue weighted by atomic mass is 10.1. The van der Waals surface area contributed by atoms with Crippen LogP contribution in [0.4, 0.5) is 0 Å². The second-order valence-electron chi connectivity index (χ2n) is 4.17. The summed E-state index contributed by atoms with van der Waals surface area (Å²) in [5, 5.41) is 27.3. The fourth-order valence-electron chi connectivity index (χ4n) is 1.60. The largest absolute Gasteiger partial charge is 0.480 e. The van der Waals surface area contributed by atoms with Crippen LogP contribution in [-0.4, -0.2) is 32.0 Å². The number of hydrogen-bond donors (Lipinski definition) is 2. The summed E-state index contributed by atoms with van der Waals surface area (Å²) in [7, 11) is 0. The average Bonchev–Trinajstić information content (AvgIpc) is 2.91. The molecule has 0 aliphatic heterocycles. The van der Waals surface area contributed by atoms with Gasteiger partial charge in [-0.2, -0.15) is 5.26 Å². The van der Waals surface area contributed by atoms with Gasteiger partial charge in [0, 0.05) is 5.56 Å². The van der Waals surface area contributed by atoms with Crippen LogP contribution in [0.15, 0.2) is 30.5 Å². The number of nitrogens with zero attached hydrogens (tertiary/aromatic N) is 4. The second-order valence-corrected chi connectivity index (χ2v) is 4.17. The van der Waals surface area contributed by atoms with Crippen molar-refractivity contribution in [2.24, 2.45) is 0 Å². The van der Waals surface area contributed by atoms with Crippen LogP contribution in [0, 0.1) is 11.3 Å². The summed E-state index contributed by atoms with van der Waals surface area (Å²) in [6.45, 7) is -0.144. The Hall–Kier alpha value is -3.21. The molecular weight excluding hydrogens is 274 g/mol. The predicted molar refractivity (Wildman–Crippen MR) is 70.0 cm³/mol. The minimum Gasteiger partial charge on any atom is -0.480 e. The molecule has 2 rings (SSSR count). The lowest BCUT2D eigenvalue weighted by Gasteiger charge is -2.02. The molecule has 0 unspecified atom stereocenters. The smallest absolute Gasteiger partial charge is 0.325 e. The number of carbonyl (C=O) groups excluding carboxylic acids is 1. The zero-order chi connectivity index (χ0) is 15.2. The first kappa shape index (κ1) is 14.2. The Morgan fingerprint density at radius 2 is 2.05 bits per heavy atom. The Morgan fingerprint density at radius 3 is 2.67 bits per heavy atom. The first-order valence-electron chi connectivity index (χ1n) is 5.97. The third-order valence-corrected chi connectivity index (χ3v) is 2.59. The number of aromatic nitrogens is 3. The molecule has 1 amide bonds. The van der Waals surface area contributed by atoms with Gasteiger partial charge < -0.3 is 10.4 Å². The van der Waals surface area contributed by atoms with Crippen LogP contribution in [0.2, 0.25) is 0 Å². The standard InChI is InChI=1S/C13H11N5O3/c14-5-9-1-3-10(4-2-9)13(21)15-6-11-7-18(17-16-11)8-12(19)20/h1-4,7H,6,8H2,(H,15,21)(H,19,20). The summed E-state index contributed by atoms with van der Waals surface area (Å²) >= 11 is 0. The molecule has 1 heterocycles. The molecule has 0 aliphatic carbocycles. The van der Waals surface area contributed by atoms with Gasteiger partial charge >= 0.3 is 5.97 Å². The van der Waals surface area contributed by atoms with E-state index in [1.807, 2.05) is 6.07 Å². The zero-order valence-electron chi connectivity index (χ0n) is 10.9. The number of benzene rings is 1. The van der Waals surface area contributed by atoms with Gasteiger partial charge in [-0.1, -0.05) is 5.21 Å². The first-order valence-corrected chi connectivity index (χ1v) is 5.97. The van der Waals surface area contributed by atoms with Crippen molar-refractivity contribution in [1.29, 1.82) is 5.26 Å². The Labute approximate surface area is 119 Å². The third kappa shape index (κ3) is 3.87. The molecule has 0 saturated carbocycles. The van der Waals surface area contributed by atoms with E-state index in [4.69, 9.17) is 10.4 Å². The van der Waals surface area contributed by atoms with Crippen molar-refractivity contribution in [3.05, 3.63) is 47.3 Å². The Kier molecular flexibility index (Phi) is 4.26. The predicted octanol–water partition coefficient (Wildman–Crippen LogP) is 0.164. The van der Waals surface area contributed by atoms with Crippen LogP contribution in [-0.2, 0) is 17.9 Å². The quantitative estimate of drug-likeness (QED) is 0.807. The molecule has 8 nitrogen and oxygen atoms in total. The summed E-state index contributed by atoms with van der Waals surface area (Å²) in [4.78, 5) is 22.4. The summed E-state index contributed by atoms with van der Waals surface area (Å²) in [5.74, 6) is -1.33. The topological polar surface area (TPSA) is 121 Å². The molecule has 0 radical (unpaired) electrons. The maximum Gasteiger partial charge on any atom is 0.325 e. The van der Waals surface area contributed by atoms with E-state index >= 15 is 0 Å². The molecule has 1 aromatic carbocycles. The molecule has 0 atom stereocenters. The SMILES string of the molecule is N#Cc1ccc(C(=O)NCc2cn(CC(=O)O)nn2)cc1. The molecule has 0 bridgehead atoms. The summed E-state index contributed by atoms with van der Waals surface area (Å²) in [6, 6.07) is 8.18. The van der Waals surface area contributed by atoms with Crippen molar-refractivity contribution in [2.45, 2.75) is 13.1 Å². The maximum absolute atomic E-state index is 11.9. The lowest BCUT2D eigenvalue weighted by molar-refractivity contribution is -0.137. The number of aliphatic carboxylic acids is 1. The molecule has 0 fully saturated rings. The average molecular weight is 285 g/mol. The van der Waals surface area contributed by atoms with Gasteiger partial charge in [-0.05, 0) is 24.3 Å². The number of nitrogens with one attached hydrogen (secondary N) is 1. The van der Waals surface area contributed by atoms with Crippen molar-refractivity contribution >= 4 is 11.9 Å². The molecular formula is C13H11N5O3. The van der Waals surface area contributed by atoms with Crippen LogP contribution in [0.5, 0.6) is 0 Å². The summed E-state index contributed by atoms with van der Waals surface area (Å²) in [5.41, 5.74) is 1.35. The maximum atomic E-state index is 11.9. The highest BCUT2D eigenvalue weighted by molar-refractivity contribution is 5.94. The number of carboxylic acid groups (broad SMARTS) is 1. The summed E-state index contributed by atoms with van der Waals surface area (Å²) in [6.07, 6.45) is 1.45. The number of rotatable bonds is 5. The lowest BCUT2D eigenvalue weighted by Crippen LogP contribution is -2.22. The van der Waals surface area contributed by atoms with Gasteiger partial charge in [0.25, 0.3) is 5.91 Å². The van der Waals surface area contributed by atoms with E-state index in [1.165, 1.54) is 10.9 Å². The van der Waals surface area contributed by atoms with Gasteiger partial charge in [-0.25, -0.2) is 4.68 Å². The van der Waals surface area contributed by atoms with Crippen molar-refractivity contribution < 1.29 is 14.7 Å². The molecule has 2 N–H and O–H groups in total. The first-order chi connectivity index (χ1) is 10.1. The third-order valence-electron chi connectivity index (χ3n) is 2.59. The zero-order valence-corrected chi connectivity index (χ0v) is 10.9. The van der Waals surface area contributed by atoms with Gasteiger partial charge in [-0.15, -0.1) is 5.10 Å². The molecule has 2 aromatic rings. The van der Waals surface area contributed by atoms with E-state index in [9.17, 15) is 9.59 Å². The monoisotopic (exact) mass is 285 g/mol. The van der Waals surface area contributed by atoms with Gasteiger partial charge in [0.05, 0.1) is 24.4 Å². The summed E-state index contributed by atoms with van der Waals surface area (Å²) < 4.78 is 1.17. The van der Waals surface area contributed by atoms with Crippen LogP contribution in [0.25, 0.3) is 0 Å². The number of carbonyl (C=O) groups is 2. The number of hydrogen-bond acceptors (Lipinski definition) is 5. The van der Waals surface area contributed by atoms with Crippen molar-refractivity contribution in [3.63, 3.8) is 0 Å². The number of amides is 1. The highest BCUT2D eigenvalue weighted by atomic mass is 16.4. The Morgan fingerprint density at radius 1 is 1.33 bits per heavy atom. The van der Waals surface area contributed by atoms with E-state index in [1.54, 1.807) is 24.3 Å². The molecule has 106 valence electrons. The Balaban J connectivity index is 1.92. The normalized spacial score (nSPS) is 9.86. The fraction of sp³-hybridized carbons (Fsp3) is 0.154. The van der Waals surface area contributed by atoms with Crippen molar-refractivity contribution in [1.82, 2.24) is 20.3 Å². The van der Waals surface area contributed by atoms with E-state index in [0.29, 0.717) is 16.8 Å². The molecule has 0 saturated heterocycles. The highest BCUT2D eigenvalue weighted by Gasteiger charge is 2.08. The number of nitriles is 1. The van der Waals surface area contributed by atoms with Crippen LogP contribution < -0.4 is 5.32 Å². The molecule has 8 heteroatoms. The minimum atomic E-state index is -1.02. The van der Waals surface area contributed by atoms with Crippen LogP contribution >= 0.6 is 0 Å². The van der Waals surface area contributed by atoms with Crippen molar-refractivity contribution in [3.8, 4) is 6.07 Å². The van der Waals surface area contributed by atoms with Crippen LogP contribution in [0.1, 0.15) is 21.6 Å². The number of carboxylic acids is 1. The van der Waals surface area contributed by atoms with Gasteiger partial charge in [-0.3, -0.25) is 9.59 Å². The van der Waals surface area contributed by atoms with E-state index < -0.39 is 5.97 Å². The molecule has 21 heavy (non-hydrogen) atoms. The van der Waals surface area contributed by atoms with Gasteiger partial charge in [0.15, 0.2) is 0 Å². The van der Waals surface area contributed by atoms with Crippen molar-refractivity contribution in [2.75, 3.05) is 0 Å². The molecule has 0 aliphatic rings. The van der Waals surface area contributed by atoms with E-state index in [-0.39, 0.29) is 19.0 Å². The minimum absolute atomic E-state index is 0.137. The Bertz CT molecular complexity index is 699. The molecule has 0 spiro atoms. The molecule has 1 aromatic heterocycles. The van der Waals surface area contributed by atoms with E-state index in [2.05, 4.69) is 15.6 Å². The van der Waals surface area contributed by atoms with Crippen LogP contribution in [0.3, 0.4) is 0 Å². The van der Waals surface area contributed by atoms with Gasteiger partial charge in [0.2, 0.25) is 0 Å². The second kappa shape index (κ2) is 6.29. The fourth-order valence-corrected chi connectivity index (χ4v) is 1.60. The highest BCUT2D eigenvalue weighted by Crippen LogP contribution is 2.03.